The number of ether oxygens (including phenoxy) is 3. The Kier molecular flexibility index (Phi) is 6.32. The molecule has 0 atom stereocenters. The molecule has 0 spiro atoms. The second-order valence-corrected chi connectivity index (χ2v) is 8.39. The Hall–Kier alpha value is -3.85. The number of fused-ring (bicyclic) bond motifs is 1. The number of benzene rings is 2. The van der Waals surface area contributed by atoms with Crippen LogP contribution in [0.1, 0.15) is 17.5 Å². The standard InChI is InChI=1S/C24H23N3O5S/c1-13(8-23(28)25-24-27-26-14(2)33-24)16-10-18-19(12-32-22(18)11-21(16)31-5)17-9-15(29-3)6-7-20(17)30-4/h6-12H,1-5H3,(H,25,27,28)/b13-8+. The lowest BCUT2D eigenvalue weighted by Gasteiger charge is -2.12. The maximum absolute atomic E-state index is 12.5. The van der Waals surface area contributed by atoms with Crippen molar-refractivity contribution in [3.05, 3.63) is 53.2 Å². The van der Waals surface area contributed by atoms with E-state index in [0.29, 0.717) is 28.0 Å². The zero-order valence-corrected chi connectivity index (χ0v) is 19.7. The lowest BCUT2D eigenvalue weighted by molar-refractivity contribution is -0.111. The molecule has 0 unspecified atom stereocenters. The number of anilines is 1. The Morgan fingerprint density at radius 2 is 1.82 bits per heavy atom. The topological polar surface area (TPSA) is 95.7 Å². The summed E-state index contributed by atoms with van der Waals surface area (Å²) in [6, 6.07) is 9.34. The number of hydrogen-bond acceptors (Lipinski definition) is 8. The van der Waals surface area contributed by atoms with Crippen LogP contribution < -0.4 is 19.5 Å². The van der Waals surface area contributed by atoms with Gasteiger partial charge in [0.05, 0.1) is 27.6 Å². The first-order chi connectivity index (χ1) is 15.9. The maximum atomic E-state index is 12.5. The number of carbonyl (C=O) groups excluding carboxylic acids is 1. The first kappa shape index (κ1) is 22.3. The quantitative estimate of drug-likeness (QED) is 0.369. The summed E-state index contributed by atoms with van der Waals surface area (Å²) in [5.41, 5.74) is 3.80. The molecular weight excluding hydrogens is 442 g/mol. The van der Waals surface area contributed by atoms with E-state index in [4.69, 9.17) is 18.6 Å². The van der Waals surface area contributed by atoms with Gasteiger partial charge in [0.15, 0.2) is 0 Å². The van der Waals surface area contributed by atoms with E-state index >= 15 is 0 Å². The molecule has 2 heterocycles. The van der Waals surface area contributed by atoms with E-state index in [2.05, 4.69) is 15.5 Å². The molecule has 9 heteroatoms. The number of methoxy groups -OCH3 is 3. The van der Waals surface area contributed by atoms with Crippen molar-refractivity contribution in [3.8, 4) is 28.4 Å². The smallest absolute Gasteiger partial charge is 0.250 e. The molecule has 2 aromatic carbocycles. The van der Waals surface area contributed by atoms with Crippen molar-refractivity contribution in [1.82, 2.24) is 10.2 Å². The van der Waals surface area contributed by atoms with Crippen LogP contribution in [0.2, 0.25) is 0 Å². The van der Waals surface area contributed by atoms with E-state index in [1.807, 2.05) is 44.2 Å². The zero-order chi connectivity index (χ0) is 23.5. The molecule has 1 N–H and O–H groups in total. The third-order valence-electron chi connectivity index (χ3n) is 5.12. The largest absolute Gasteiger partial charge is 0.497 e. The second-order valence-electron chi connectivity index (χ2n) is 7.21. The summed E-state index contributed by atoms with van der Waals surface area (Å²) in [5.74, 6) is 1.69. The zero-order valence-electron chi connectivity index (χ0n) is 18.9. The number of nitrogens with zero attached hydrogens (tertiary/aromatic N) is 2. The van der Waals surface area contributed by atoms with Crippen LogP contribution in [0.4, 0.5) is 5.13 Å². The molecule has 0 aliphatic rings. The number of carbonyl (C=O) groups is 1. The normalized spacial score (nSPS) is 11.5. The van der Waals surface area contributed by atoms with E-state index in [9.17, 15) is 4.79 Å². The third kappa shape index (κ3) is 4.54. The molecule has 8 nitrogen and oxygen atoms in total. The fraction of sp³-hybridized carbons (Fsp3) is 0.208. The number of aryl methyl sites for hydroxylation is 1. The molecule has 170 valence electrons. The minimum Gasteiger partial charge on any atom is -0.497 e. The summed E-state index contributed by atoms with van der Waals surface area (Å²) >= 11 is 1.31. The highest BCUT2D eigenvalue weighted by Gasteiger charge is 2.18. The number of nitrogens with one attached hydrogen (secondary N) is 1. The third-order valence-corrected chi connectivity index (χ3v) is 5.88. The Balaban J connectivity index is 1.77. The van der Waals surface area contributed by atoms with Crippen LogP contribution in [0.15, 0.2) is 47.1 Å². The Bertz CT molecular complexity index is 1360. The van der Waals surface area contributed by atoms with Crippen molar-refractivity contribution in [2.75, 3.05) is 26.6 Å². The molecular formula is C24H23N3O5S. The van der Waals surface area contributed by atoms with Crippen LogP contribution >= 0.6 is 11.3 Å². The first-order valence-electron chi connectivity index (χ1n) is 10.0. The van der Waals surface area contributed by atoms with Gasteiger partial charge in [0.2, 0.25) is 11.0 Å². The minimum atomic E-state index is -0.298. The first-order valence-corrected chi connectivity index (χ1v) is 10.9. The number of furan rings is 1. The minimum absolute atomic E-state index is 0.298. The monoisotopic (exact) mass is 465 g/mol. The van der Waals surface area contributed by atoms with E-state index < -0.39 is 0 Å². The number of aromatic nitrogens is 2. The van der Waals surface area contributed by atoms with Crippen LogP contribution in [0, 0.1) is 6.92 Å². The molecule has 0 aliphatic carbocycles. The van der Waals surface area contributed by atoms with Gasteiger partial charge in [0, 0.05) is 34.2 Å². The van der Waals surface area contributed by atoms with E-state index in [0.717, 1.165) is 32.7 Å². The van der Waals surface area contributed by atoms with Crippen LogP contribution in [-0.4, -0.2) is 37.4 Å². The van der Waals surface area contributed by atoms with E-state index in [1.54, 1.807) is 27.6 Å². The highest BCUT2D eigenvalue weighted by atomic mass is 32.1. The van der Waals surface area contributed by atoms with Crippen molar-refractivity contribution in [1.29, 1.82) is 0 Å². The summed E-state index contributed by atoms with van der Waals surface area (Å²) in [6.07, 6.45) is 3.18. The second kappa shape index (κ2) is 9.33. The molecule has 0 fully saturated rings. The molecule has 4 aromatic rings. The fourth-order valence-corrected chi connectivity index (χ4v) is 4.12. The fourth-order valence-electron chi connectivity index (χ4n) is 3.53. The lowest BCUT2D eigenvalue weighted by atomic mass is 9.98. The van der Waals surface area contributed by atoms with Crippen molar-refractivity contribution < 1.29 is 23.4 Å². The van der Waals surface area contributed by atoms with Gasteiger partial charge >= 0.3 is 0 Å². The lowest BCUT2D eigenvalue weighted by Crippen LogP contribution is -2.08. The van der Waals surface area contributed by atoms with Crippen LogP contribution in [0.5, 0.6) is 17.2 Å². The van der Waals surface area contributed by atoms with Crippen LogP contribution in [-0.2, 0) is 4.79 Å². The average Bonchev–Trinajstić information content (AvgIpc) is 3.42. The van der Waals surface area contributed by atoms with Gasteiger partial charge in [-0.2, -0.15) is 0 Å². The van der Waals surface area contributed by atoms with Gasteiger partial charge in [-0.3, -0.25) is 10.1 Å². The summed E-state index contributed by atoms with van der Waals surface area (Å²) in [5, 5.41) is 12.7. The number of hydrogen-bond donors (Lipinski definition) is 1. The van der Waals surface area contributed by atoms with Crippen molar-refractivity contribution in [2.24, 2.45) is 0 Å². The molecule has 33 heavy (non-hydrogen) atoms. The van der Waals surface area contributed by atoms with Gasteiger partial charge in [-0.05, 0) is 43.7 Å². The molecule has 4 rings (SSSR count). The van der Waals surface area contributed by atoms with Crippen molar-refractivity contribution in [3.63, 3.8) is 0 Å². The Morgan fingerprint density at radius 1 is 1.03 bits per heavy atom. The SMILES string of the molecule is COc1ccc(OC)c(-c2coc3cc(OC)c(/C(C)=C/C(=O)Nc4nnc(C)s4)cc23)c1. The molecule has 1 amide bonds. The summed E-state index contributed by atoms with van der Waals surface area (Å²) in [4.78, 5) is 12.5. The van der Waals surface area contributed by atoms with Gasteiger partial charge in [-0.15, -0.1) is 10.2 Å². The number of amides is 1. The molecule has 0 radical (unpaired) electrons. The highest BCUT2D eigenvalue weighted by Crippen LogP contribution is 2.41. The molecule has 0 saturated heterocycles. The van der Waals surface area contributed by atoms with Crippen molar-refractivity contribution >= 4 is 38.9 Å². The molecule has 0 aliphatic heterocycles. The molecule has 2 aromatic heterocycles. The molecule has 0 saturated carbocycles. The summed E-state index contributed by atoms with van der Waals surface area (Å²) < 4.78 is 22.3. The van der Waals surface area contributed by atoms with Gasteiger partial charge in [-0.25, -0.2) is 0 Å². The van der Waals surface area contributed by atoms with Crippen LogP contribution in [0.3, 0.4) is 0 Å². The Labute approximate surface area is 194 Å². The van der Waals surface area contributed by atoms with Gasteiger partial charge < -0.3 is 18.6 Å². The predicted octanol–water partition coefficient (Wildman–Crippen LogP) is 5.33. The number of rotatable bonds is 7. The van der Waals surface area contributed by atoms with Gasteiger partial charge in [0.1, 0.15) is 27.8 Å². The summed E-state index contributed by atoms with van der Waals surface area (Å²) in [7, 11) is 4.81. The highest BCUT2D eigenvalue weighted by molar-refractivity contribution is 7.15. The van der Waals surface area contributed by atoms with E-state index in [-0.39, 0.29) is 5.91 Å². The van der Waals surface area contributed by atoms with E-state index in [1.165, 1.54) is 17.4 Å². The Morgan fingerprint density at radius 3 is 2.48 bits per heavy atom. The molecule has 0 bridgehead atoms. The number of allylic oxidation sites excluding steroid dienone is 1. The van der Waals surface area contributed by atoms with Crippen LogP contribution in [0.25, 0.3) is 27.7 Å². The van der Waals surface area contributed by atoms with Crippen molar-refractivity contribution in [2.45, 2.75) is 13.8 Å². The summed E-state index contributed by atoms with van der Waals surface area (Å²) in [6.45, 7) is 3.68. The maximum Gasteiger partial charge on any atom is 0.250 e. The average molecular weight is 466 g/mol. The van der Waals surface area contributed by atoms with Gasteiger partial charge in [-0.1, -0.05) is 11.3 Å². The van der Waals surface area contributed by atoms with Gasteiger partial charge in [0.25, 0.3) is 0 Å². The predicted molar refractivity (Wildman–Crippen MR) is 128 cm³/mol.